The van der Waals surface area contributed by atoms with Crippen LogP contribution in [0, 0.1) is 0 Å². The number of aliphatic hydroxyl groups excluding tert-OH is 1. The first-order valence-electron chi connectivity index (χ1n) is 3.81. The van der Waals surface area contributed by atoms with E-state index in [1.807, 2.05) is 11.4 Å². The van der Waals surface area contributed by atoms with Gasteiger partial charge in [-0.2, -0.15) is 0 Å². The smallest absolute Gasteiger partial charge is 0.140 e. The zero-order valence-corrected chi connectivity index (χ0v) is 12.6. The van der Waals surface area contributed by atoms with Gasteiger partial charge in [0.15, 0.2) is 0 Å². The van der Waals surface area contributed by atoms with Crippen LogP contribution >= 0.6 is 66.1 Å². The quantitative estimate of drug-likeness (QED) is 0.822. The molecule has 1 unspecified atom stereocenters. The summed E-state index contributed by atoms with van der Waals surface area (Å²) in [6, 6.07) is 1.81. The van der Waals surface area contributed by atoms with Crippen LogP contribution in [0.5, 0.6) is 0 Å². The second kappa shape index (κ2) is 4.81. The van der Waals surface area contributed by atoms with Gasteiger partial charge in [-0.05, 0) is 37.9 Å². The normalized spacial score (nSPS) is 13.1. The Morgan fingerprint density at radius 2 is 2.20 bits per heavy atom. The summed E-state index contributed by atoms with van der Waals surface area (Å²) in [5, 5.41) is 12.5. The molecule has 2 rings (SSSR count). The lowest BCUT2D eigenvalue weighted by Crippen LogP contribution is -1.95. The minimum absolute atomic E-state index is 0.639. The molecule has 2 heterocycles. The molecule has 2 nitrogen and oxygen atoms in total. The van der Waals surface area contributed by atoms with Gasteiger partial charge in [-0.15, -0.1) is 22.7 Å². The van der Waals surface area contributed by atoms with E-state index in [0.717, 1.165) is 14.0 Å². The van der Waals surface area contributed by atoms with E-state index in [0.29, 0.717) is 9.34 Å². The maximum atomic E-state index is 10.0. The van der Waals surface area contributed by atoms with E-state index in [-0.39, 0.29) is 0 Å². The lowest BCUT2D eigenvalue weighted by Gasteiger charge is -2.02. The second-order valence-corrected chi connectivity index (χ2v) is 6.92. The molecule has 2 aromatic rings. The summed E-state index contributed by atoms with van der Waals surface area (Å²) in [5.41, 5.74) is 0. The highest BCUT2D eigenvalue weighted by Gasteiger charge is 2.18. The van der Waals surface area contributed by atoms with Crippen LogP contribution in [-0.2, 0) is 0 Å². The van der Waals surface area contributed by atoms with Crippen molar-refractivity contribution in [2.24, 2.45) is 0 Å². The highest BCUT2D eigenvalue weighted by Crippen LogP contribution is 2.38. The van der Waals surface area contributed by atoms with E-state index in [2.05, 4.69) is 36.8 Å². The second-order valence-electron chi connectivity index (χ2n) is 2.68. The Balaban J connectivity index is 2.31. The fourth-order valence-electron chi connectivity index (χ4n) is 1.01. The molecule has 0 saturated heterocycles. The summed E-state index contributed by atoms with van der Waals surface area (Å²) in [6.07, 6.45) is -0.699. The van der Waals surface area contributed by atoms with E-state index in [1.165, 1.54) is 22.7 Å². The lowest BCUT2D eigenvalue weighted by molar-refractivity contribution is 0.223. The average molecular weight is 390 g/mol. The molecule has 0 spiro atoms. The first-order valence-corrected chi connectivity index (χ1v) is 7.47. The van der Waals surface area contributed by atoms with Gasteiger partial charge >= 0.3 is 0 Å². The molecule has 0 aliphatic heterocycles. The zero-order valence-electron chi connectivity index (χ0n) is 7.08. The molecule has 0 fully saturated rings. The zero-order chi connectivity index (χ0) is 11.0. The Morgan fingerprint density at radius 3 is 2.67 bits per heavy atom. The highest BCUT2D eigenvalue weighted by molar-refractivity contribution is 9.10. The van der Waals surface area contributed by atoms with Gasteiger partial charge in [-0.3, -0.25) is 0 Å². The molecule has 0 aliphatic rings. The largest absolute Gasteiger partial charge is 0.380 e. The molecular formula is C8H4Br2ClNOS2. The summed E-state index contributed by atoms with van der Waals surface area (Å²) < 4.78 is 2.18. The summed E-state index contributed by atoms with van der Waals surface area (Å²) in [5.74, 6) is 0. The Bertz CT molecular complexity index is 465. The average Bonchev–Trinajstić information content (AvgIpc) is 2.74. The Kier molecular flexibility index (Phi) is 3.85. The van der Waals surface area contributed by atoms with Crippen LogP contribution in [0.15, 0.2) is 20.5 Å². The topological polar surface area (TPSA) is 33.1 Å². The molecule has 0 aliphatic carbocycles. The number of aromatic nitrogens is 1. The Labute approximate surface area is 116 Å². The van der Waals surface area contributed by atoms with Crippen molar-refractivity contribution in [2.45, 2.75) is 6.10 Å². The predicted octanol–water partition coefficient (Wildman–Crippen LogP) is 4.46. The molecule has 0 amide bonds. The van der Waals surface area contributed by atoms with Crippen molar-refractivity contribution in [2.75, 3.05) is 0 Å². The van der Waals surface area contributed by atoms with Gasteiger partial charge < -0.3 is 5.11 Å². The van der Waals surface area contributed by atoms with Crippen molar-refractivity contribution in [1.82, 2.24) is 4.98 Å². The predicted molar refractivity (Wildman–Crippen MR) is 70.9 cm³/mol. The van der Waals surface area contributed by atoms with Gasteiger partial charge in [0, 0.05) is 14.7 Å². The third kappa shape index (κ3) is 2.62. The molecule has 0 bridgehead atoms. The summed E-state index contributed by atoms with van der Waals surface area (Å²) in [4.78, 5) is 4.95. The number of rotatable bonds is 2. The fraction of sp³-hybridized carbons (Fsp3) is 0.125. The maximum Gasteiger partial charge on any atom is 0.140 e. The molecule has 0 radical (unpaired) electrons. The number of hydrogen-bond donors (Lipinski definition) is 1. The number of nitrogens with zero attached hydrogens (tertiary/aromatic N) is 1. The van der Waals surface area contributed by atoms with E-state index >= 15 is 0 Å². The van der Waals surface area contributed by atoms with Gasteiger partial charge in [0.25, 0.3) is 0 Å². The maximum absolute atomic E-state index is 10.0. The van der Waals surface area contributed by atoms with Crippen molar-refractivity contribution in [3.8, 4) is 0 Å². The molecule has 0 saturated carbocycles. The first-order chi connectivity index (χ1) is 7.08. The van der Waals surface area contributed by atoms with Crippen LogP contribution in [-0.4, -0.2) is 10.1 Å². The van der Waals surface area contributed by atoms with E-state index in [4.69, 9.17) is 11.6 Å². The summed E-state index contributed by atoms with van der Waals surface area (Å²) in [7, 11) is 0. The van der Waals surface area contributed by atoms with Gasteiger partial charge in [0.2, 0.25) is 0 Å². The van der Waals surface area contributed by atoms with Gasteiger partial charge in [-0.1, -0.05) is 11.6 Å². The van der Waals surface area contributed by atoms with Crippen LogP contribution in [0.25, 0.3) is 0 Å². The summed E-state index contributed by atoms with van der Waals surface area (Å²) >= 11 is 15.2. The monoisotopic (exact) mass is 387 g/mol. The standard InChI is InChI=1S/C8H4Br2ClNOS2/c9-3-1-4(15-7(3)11)6(13)8-12-5(10)2-14-8/h1-2,6,13H. The summed E-state index contributed by atoms with van der Waals surface area (Å²) in [6.45, 7) is 0. The van der Waals surface area contributed by atoms with Crippen LogP contribution in [0.4, 0.5) is 0 Å². The lowest BCUT2D eigenvalue weighted by atomic mass is 10.3. The van der Waals surface area contributed by atoms with Gasteiger partial charge in [0.1, 0.15) is 20.1 Å². The Morgan fingerprint density at radius 1 is 1.47 bits per heavy atom. The van der Waals surface area contributed by atoms with Crippen molar-refractivity contribution >= 4 is 66.1 Å². The number of thiazole rings is 1. The van der Waals surface area contributed by atoms with Crippen molar-refractivity contribution in [3.05, 3.63) is 34.7 Å². The molecule has 2 aromatic heterocycles. The van der Waals surface area contributed by atoms with E-state index in [1.54, 1.807) is 0 Å². The number of halogens is 3. The van der Waals surface area contributed by atoms with E-state index < -0.39 is 6.10 Å². The highest BCUT2D eigenvalue weighted by atomic mass is 79.9. The number of thiophene rings is 1. The molecule has 7 heteroatoms. The van der Waals surface area contributed by atoms with Crippen LogP contribution in [0.3, 0.4) is 0 Å². The van der Waals surface area contributed by atoms with E-state index in [9.17, 15) is 5.11 Å². The van der Waals surface area contributed by atoms with Crippen molar-refractivity contribution in [3.63, 3.8) is 0 Å². The molecule has 1 atom stereocenters. The minimum atomic E-state index is -0.699. The van der Waals surface area contributed by atoms with Crippen LogP contribution in [0.2, 0.25) is 4.34 Å². The first kappa shape index (κ1) is 12.0. The van der Waals surface area contributed by atoms with Crippen LogP contribution < -0.4 is 0 Å². The molecule has 1 N–H and O–H groups in total. The van der Waals surface area contributed by atoms with Crippen molar-refractivity contribution in [1.29, 1.82) is 0 Å². The fourth-order valence-corrected chi connectivity index (χ4v) is 4.08. The van der Waals surface area contributed by atoms with Crippen molar-refractivity contribution < 1.29 is 5.11 Å². The third-order valence-electron chi connectivity index (χ3n) is 1.66. The van der Waals surface area contributed by atoms with Gasteiger partial charge in [0.05, 0.1) is 0 Å². The third-order valence-corrected chi connectivity index (χ3v) is 5.80. The molecule has 80 valence electrons. The van der Waals surface area contributed by atoms with Gasteiger partial charge in [-0.25, -0.2) is 4.98 Å². The molecule has 0 aromatic carbocycles. The molecule has 15 heavy (non-hydrogen) atoms. The van der Waals surface area contributed by atoms with Crippen LogP contribution in [0.1, 0.15) is 16.0 Å². The number of aliphatic hydroxyl groups is 1. The number of hydrogen-bond acceptors (Lipinski definition) is 4. The Hall–Kier alpha value is 0.540. The minimum Gasteiger partial charge on any atom is -0.380 e. The SMILES string of the molecule is OC(c1cc(Br)c(Cl)s1)c1nc(Br)cs1. The molecular weight excluding hydrogens is 385 g/mol.